The summed E-state index contributed by atoms with van der Waals surface area (Å²) in [5.41, 5.74) is 6.39. The summed E-state index contributed by atoms with van der Waals surface area (Å²) in [4.78, 5) is 11.5. The maximum atomic E-state index is 12.9. The lowest BCUT2D eigenvalue weighted by Gasteiger charge is -2.11. The van der Waals surface area contributed by atoms with Gasteiger partial charge >= 0.3 is 0 Å². The molecule has 102 valence electrons. The highest BCUT2D eigenvalue weighted by molar-refractivity contribution is 6.30. The number of nitrogens with one attached hydrogen (secondary N) is 1. The van der Waals surface area contributed by atoms with Gasteiger partial charge in [-0.1, -0.05) is 31.0 Å². The molecule has 1 aromatic carbocycles. The van der Waals surface area contributed by atoms with E-state index in [1.807, 2.05) is 6.92 Å². The Hall–Kier alpha value is -0.840. The average molecular weight is 295 g/mol. The minimum Gasteiger partial charge on any atom is -0.351 e. The van der Waals surface area contributed by atoms with Gasteiger partial charge in [-0.15, -0.1) is 12.4 Å². The molecule has 0 saturated heterocycles. The third-order valence-electron chi connectivity index (χ3n) is 2.39. The highest BCUT2D eigenvalue weighted by atomic mass is 35.5. The molecule has 3 N–H and O–H groups in total. The van der Waals surface area contributed by atoms with Crippen LogP contribution in [0.25, 0.3) is 0 Å². The molecule has 0 bridgehead atoms. The van der Waals surface area contributed by atoms with Gasteiger partial charge in [-0.3, -0.25) is 4.79 Å². The molecule has 6 heteroatoms. The van der Waals surface area contributed by atoms with Crippen molar-refractivity contribution in [3.8, 4) is 0 Å². The Morgan fingerprint density at radius 1 is 1.56 bits per heavy atom. The van der Waals surface area contributed by atoms with Crippen LogP contribution in [0.2, 0.25) is 5.02 Å². The molecule has 0 fully saturated rings. The first-order chi connectivity index (χ1) is 8.04. The number of rotatable bonds is 5. The number of halogens is 3. The van der Waals surface area contributed by atoms with Crippen LogP contribution in [0.1, 0.15) is 25.3 Å². The standard InChI is InChI=1S/C12H16ClFN2O.ClH/c1-2-3-11(15)12(17)16-7-8-4-5-10(14)9(13)6-8;/h4-6,11H,2-3,7,15H2,1H3,(H,16,17);1H. The van der Waals surface area contributed by atoms with Gasteiger partial charge in [0.15, 0.2) is 0 Å². The molecule has 0 spiro atoms. The summed E-state index contributed by atoms with van der Waals surface area (Å²) in [5, 5.41) is 2.74. The largest absolute Gasteiger partial charge is 0.351 e. The van der Waals surface area contributed by atoms with Crippen molar-refractivity contribution in [1.29, 1.82) is 0 Å². The normalized spacial score (nSPS) is 11.6. The van der Waals surface area contributed by atoms with Crippen LogP contribution in [0.4, 0.5) is 4.39 Å². The SMILES string of the molecule is CCCC(N)C(=O)NCc1ccc(F)c(Cl)c1.Cl. The maximum Gasteiger partial charge on any atom is 0.237 e. The van der Waals surface area contributed by atoms with E-state index in [4.69, 9.17) is 17.3 Å². The Labute approximate surface area is 117 Å². The minimum atomic E-state index is -0.490. The number of benzene rings is 1. The number of carbonyl (C=O) groups excluding carboxylic acids is 1. The Bertz CT molecular complexity index is 402. The number of nitrogens with two attached hydrogens (primary N) is 1. The smallest absolute Gasteiger partial charge is 0.237 e. The van der Waals surface area contributed by atoms with Crippen molar-refractivity contribution in [1.82, 2.24) is 5.32 Å². The van der Waals surface area contributed by atoms with Crippen LogP contribution in [0.15, 0.2) is 18.2 Å². The van der Waals surface area contributed by atoms with E-state index in [9.17, 15) is 9.18 Å². The molecule has 1 unspecified atom stereocenters. The second-order valence-corrected chi connectivity index (χ2v) is 4.27. The summed E-state index contributed by atoms with van der Waals surface area (Å²) in [7, 11) is 0. The van der Waals surface area contributed by atoms with Gasteiger partial charge in [0, 0.05) is 6.54 Å². The predicted octanol–water partition coefficient (Wildman–Crippen LogP) is 2.64. The van der Waals surface area contributed by atoms with E-state index in [-0.39, 0.29) is 23.3 Å². The van der Waals surface area contributed by atoms with Crippen molar-refractivity contribution < 1.29 is 9.18 Å². The number of hydrogen-bond donors (Lipinski definition) is 2. The number of amides is 1. The number of hydrogen-bond acceptors (Lipinski definition) is 2. The summed E-state index contributed by atoms with van der Waals surface area (Å²) < 4.78 is 12.9. The van der Waals surface area contributed by atoms with Crippen LogP contribution in [0.5, 0.6) is 0 Å². The molecular weight excluding hydrogens is 278 g/mol. The van der Waals surface area contributed by atoms with Crippen molar-refractivity contribution in [3.63, 3.8) is 0 Å². The second kappa shape index (κ2) is 8.29. The number of carbonyl (C=O) groups is 1. The van der Waals surface area contributed by atoms with Crippen molar-refractivity contribution in [3.05, 3.63) is 34.6 Å². The van der Waals surface area contributed by atoms with Crippen LogP contribution in [-0.4, -0.2) is 11.9 Å². The third kappa shape index (κ3) is 5.21. The molecule has 0 aliphatic heterocycles. The fraction of sp³-hybridized carbons (Fsp3) is 0.417. The fourth-order valence-corrected chi connectivity index (χ4v) is 1.62. The van der Waals surface area contributed by atoms with Gasteiger partial charge in [-0.25, -0.2) is 4.39 Å². The van der Waals surface area contributed by atoms with E-state index in [0.717, 1.165) is 12.0 Å². The van der Waals surface area contributed by atoms with Gasteiger partial charge in [-0.2, -0.15) is 0 Å². The van der Waals surface area contributed by atoms with Crippen LogP contribution >= 0.6 is 24.0 Å². The fourth-order valence-electron chi connectivity index (χ4n) is 1.41. The quantitative estimate of drug-likeness (QED) is 0.877. The lowest BCUT2D eigenvalue weighted by Crippen LogP contribution is -2.40. The van der Waals surface area contributed by atoms with E-state index >= 15 is 0 Å². The van der Waals surface area contributed by atoms with Crippen LogP contribution in [-0.2, 0) is 11.3 Å². The summed E-state index contributed by atoms with van der Waals surface area (Å²) in [5.74, 6) is -0.670. The van der Waals surface area contributed by atoms with Gasteiger partial charge in [0.1, 0.15) is 5.82 Å². The van der Waals surface area contributed by atoms with Gasteiger partial charge < -0.3 is 11.1 Å². The van der Waals surface area contributed by atoms with E-state index in [1.54, 1.807) is 6.07 Å². The minimum absolute atomic E-state index is 0. The molecule has 3 nitrogen and oxygen atoms in total. The van der Waals surface area contributed by atoms with Crippen molar-refractivity contribution in [2.75, 3.05) is 0 Å². The monoisotopic (exact) mass is 294 g/mol. The molecular formula is C12H17Cl2FN2O. The molecule has 0 aliphatic rings. The zero-order chi connectivity index (χ0) is 12.8. The van der Waals surface area contributed by atoms with Gasteiger partial charge in [0.2, 0.25) is 5.91 Å². The molecule has 18 heavy (non-hydrogen) atoms. The molecule has 1 amide bonds. The molecule has 1 rings (SSSR count). The summed E-state index contributed by atoms with van der Waals surface area (Å²) >= 11 is 5.63. The van der Waals surface area contributed by atoms with Gasteiger partial charge in [0.05, 0.1) is 11.1 Å². The zero-order valence-electron chi connectivity index (χ0n) is 10.1. The molecule has 1 aromatic rings. The Morgan fingerprint density at radius 2 is 2.22 bits per heavy atom. The van der Waals surface area contributed by atoms with Crippen molar-refractivity contribution in [2.45, 2.75) is 32.4 Å². The summed E-state index contributed by atoms with van der Waals surface area (Å²) in [6, 6.07) is 3.85. The van der Waals surface area contributed by atoms with E-state index in [0.29, 0.717) is 13.0 Å². The average Bonchev–Trinajstić information content (AvgIpc) is 2.30. The van der Waals surface area contributed by atoms with E-state index < -0.39 is 11.9 Å². The molecule has 1 atom stereocenters. The van der Waals surface area contributed by atoms with Gasteiger partial charge in [-0.05, 0) is 24.1 Å². The van der Waals surface area contributed by atoms with E-state index in [1.165, 1.54) is 12.1 Å². The molecule has 0 radical (unpaired) electrons. The van der Waals surface area contributed by atoms with Crippen LogP contribution in [0, 0.1) is 5.82 Å². The summed E-state index contributed by atoms with van der Waals surface area (Å²) in [6.07, 6.45) is 1.51. The summed E-state index contributed by atoms with van der Waals surface area (Å²) in [6.45, 7) is 2.27. The van der Waals surface area contributed by atoms with Crippen LogP contribution in [0.3, 0.4) is 0 Å². The maximum absolute atomic E-state index is 12.9. The second-order valence-electron chi connectivity index (χ2n) is 3.86. The zero-order valence-corrected chi connectivity index (χ0v) is 11.7. The van der Waals surface area contributed by atoms with Crippen molar-refractivity contribution >= 4 is 29.9 Å². The lowest BCUT2D eigenvalue weighted by atomic mass is 10.1. The van der Waals surface area contributed by atoms with Crippen molar-refractivity contribution in [2.24, 2.45) is 5.73 Å². The van der Waals surface area contributed by atoms with E-state index in [2.05, 4.69) is 5.32 Å². The topological polar surface area (TPSA) is 55.1 Å². The predicted molar refractivity (Wildman–Crippen MR) is 73.4 cm³/mol. The third-order valence-corrected chi connectivity index (χ3v) is 2.68. The highest BCUT2D eigenvalue weighted by Crippen LogP contribution is 2.15. The highest BCUT2D eigenvalue weighted by Gasteiger charge is 2.11. The Kier molecular flexibility index (Phi) is 7.91. The molecule has 0 heterocycles. The Balaban J connectivity index is 0.00000289. The molecule has 0 saturated carbocycles. The first-order valence-electron chi connectivity index (χ1n) is 5.51. The first kappa shape index (κ1) is 17.2. The molecule has 0 aliphatic carbocycles. The molecule has 0 aromatic heterocycles. The first-order valence-corrected chi connectivity index (χ1v) is 5.89. The Morgan fingerprint density at radius 3 is 2.78 bits per heavy atom. The van der Waals surface area contributed by atoms with Crippen LogP contribution < -0.4 is 11.1 Å². The lowest BCUT2D eigenvalue weighted by molar-refractivity contribution is -0.122. The van der Waals surface area contributed by atoms with Gasteiger partial charge in [0.25, 0.3) is 0 Å².